The lowest BCUT2D eigenvalue weighted by Gasteiger charge is -2.49. The Morgan fingerprint density at radius 1 is 1.25 bits per heavy atom. The fourth-order valence-corrected chi connectivity index (χ4v) is 3.37. The molecule has 2 fully saturated rings. The average Bonchev–Trinajstić information content (AvgIpc) is 2.24. The average molecular weight is 224 g/mol. The number of rotatable bonds is 2. The predicted molar refractivity (Wildman–Crippen MR) is 69.7 cm³/mol. The summed E-state index contributed by atoms with van der Waals surface area (Å²) in [6.07, 6.45) is 7.10. The van der Waals surface area contributed by atoms with Crippen molar-refractivity contribution < 1.29 is 0 Å². The summed E-state index contributed by atoms with van der Waals surface area (Å²) in [6, 6.07) is 0.718. The zero-order chi connectivity index (χ0) is 11.6. The smallest absolute Gasteiger partial charge is 0.0309 e. The fourth-order valence-electron chi connectivity index (χ4n) is 3.37. The molecule has 1 unspecified atom stereocenters. The quantitative estimate of drug-likeness (QED) is 0.776. The molecule has 1 atom stereocenters. The van der Waals surface area contributed by atoms with E-state index in [-0.39, 0.29) is 0 Å². The molecule has 16 heavy (non-hydrogen) atoms. The highest BCUT2D eigenvalue weighted by molar-refractivity contribution is 4.98. The molecule has 0 aromatic heterocycles. The van der Waals surface area contributed by atoms with Crippen LogP contribution < -0.4 is 5.32 Å². The van der Waals surface area contributed by atoms with Gasteiger partial charge in [-0.25, -0.2) is 0 Å². The third kappa shape index (κ3) is 2.78. The molecule has 1 heterocycles. The van der Waals surface area contributed by atoms with Gasteiger partial charge >= 0.3 is 0 Å². The van der Waals surface area contributed by atoms with Crippen LogP contribution in [0.4, 0.5) is 0 Å². The summed E-state index contributed by atoms with van der Waals surface area (Å²) in [6.45, 7) is 10.8. The van der Waals surface area contributed by atoms with Crippen molar-refractivity contribution in [3.05, 3.63) is 0 Å². The molecule has 1 N–H and O–H groups in total. The lowest BCUT2D eigenvalue weighted by Crippen LogP contribution is -2.64. The molecule has 0 radical (unpaired) electrons. The van der Waals surface area contributed by atoms with Gasteiger partial charge in [0.05, 0.1) is 0 Å². The summed E-state index contributed by atoms with van der Waals surface area (Å²) in [5.74, 6) is 0.793. The molecule has 1 saturated carbocycles. The maximum atomic E-state index is 3.85. The van der Waals surface area contributed by atoms with Gasteiger partial charge in [0, 0.05) is 31.2 Å². The molecule has 1 saturated heterocycles. The lowest BCUT2D eigenvalue weighted by molar-refractivity contribution is 0.0547. The third-order valence-corrected chi connectivity index (χ3v) is 4.31. The summed E-state index contributed by atoms with van der Waals surface area (Å²) in [4.78, 5) is 2.71. The largest absolute Gasteiger partial charge is 0.308 e. The monoisotopic (exact) mass is 224 g/mol. The molecule has 0 aromatic rings. The van der Waals surface area contributed by atoms with Crippen LogP contribution in [0.5, 0.6) is 0 Å². The zero-order valence-corrected chi connectivity index (χ0v) is 11.3. The van der Waals surface area contributed by atoms with Gasteiger partial charge in [0.15, 0.2) is 0 Å². The van der Waals surface area contributed by atoms with Gasteiger partial charge in [-0.2, -0.15) is 0 Å². The van der Waals surface area contributed by atoms with E-state index in [2.05, 4.69) is 31.0 Å². The minimum atomic E-state index is 0.472. The van der Waals surface area contributed by atoms with E-state index < -0.39 is 0 Å². The molecule has 1 spiro atoms. The first-order valence-electron chi connectivity index (χ1n) is 7.10. The van der Waals surface area contributed by atoms with E-state index in [1.54, 1.807) is 0 Å². The number of hydrogen-bond donors (Lipinski definition) is 1. The van der Waals surface area contributed by atoms with Gasteiger partial charge in [-0.1, -0.05) is 33.1 Å². The third-order valence-electron chi connectivity index (χ3n) is 4.31. The topological polar surface area (TPSA) is 15.3 Å². The van der Waals surface area contributed by atoms with Crippen molar-refractivity contribution >= 4 is 0 Å². The second-order valence-electron chi connectivity index (χ2n) is 6.39. The highest BCUT2D eigenvalue weighted by atomic mass is 15.2. The Labute approximate surface area is 101 Å². The first-order valence-corrected chi connectivity index (χ1v) is 7.10. The van der Waals surface area contributed by atoms with Crippen molar-refractivity contribution in [2.75, 3.05) is 19.6 Å². The second-order valence-corrected chi connectivity index (χ2v) is 6.39. The van der Waals surface area contributed by atoms with Crippen molar-refractivity contribution in [1.82, 2.24) is 10.2 Å². The van der Waals surface area contributed by atoms with Crippen molar-refractivity contribution in [1.29, 1.82) is 0 Å². The van der Waals surface area contributed by atoms with E-state index in [1.165, 1.54) is 51.7 Å². The highest BCUT2D eigenvalue weighted by Crippen LogP contribution is 2.31. The summed E-state index contributed by atoms with van der Waals surface area (Å²) in [5.41, 5.74) is 0.472. The Hall–Kier alpha value is -0.0800. The van der Waals surface area contributed by atoms with Crippen LogP contribution in [0.15, 0.2) is 0 Å². The first kappa shape index (κ1) is 12.4. The normalized spacial score (nSPS) is 31.1. The standard InChI is InChI=1S/C14H28N2/c1-12(2)10-16-11-14(15-9-13(16)3)7-5-4-6-8-14/h12-13,15H,4-11H2,1-3H3. The van der Waals surface area contributed by atoms with E-state index in [4.69, 9.17) is 0 Å². The fraction of sp³-hybridized carbons (Fsp3) is 1.00. The van der Waals surface area contributed by atoms with Gasteiger partial charge in [-0.15, -0.1) is 0 Å². The van der Waals surface area contributed by atoms with Crippen molar-refractivity contribution in [3.63, 3.8) is 0 Å². The van der Waals surface area contributed by atoms with Crippen LogP contribution in [0.25, 0.3) is 0 Å². The second kappa shape index (κ2) is 5.05. The van der Waals surface area contributed by atoms with Crippen LogP contribution in [-0.4, -0.2) is 36.1 Å². The molecule has 0 amide bonds. The summed E-state index contributed by atoms with van der Waals surface area (Å²) < 4.78 is 0. The predicted octanol–water partition coefficient (Wildman–Crippen LogP) is 2.64. The molecule has 2 aliphatic rings. The van der Waals surface area contributed by atoms with Gasteiger partial charge in [0.2, 0.25) is 0 Å². The number of piperazine rings is 1. The molecule has 94 valence electrons. The minimum Gasteiger partial charge on any atom is -0.308 e. The Morgan fingerprint density at radius 2 is 1.94 bits per heavy atom. The van der Waals surface area contributed by atoms with E-state index in [9.17, 15) is 0 Å². The van der Waals surface area contributed by atoms with Crippen LogP contribution in [0, 0.1) is 5.92 Å². The molecule has 1 aliphatic carbocycles. The van der Waals surface area contributed by atoms with Crippen molar-refractivity contribution in [2.24, 2.45) is 5.92 Å². The van der Waals surface area contributed by atoms with Crippen molar-refractivity contribution in [3.8, 4) is 0 Å². The van der Waals surface area contributed by atoms with Crippen molar-refractivity contribution in [2.45, 2.75) is 64.5 Å². The van der Waals surface area contributed by atoms with E-state index in [0.717, 1.165) is 12.0 Å². The van der Waals surface area contributed by atoms with Gasteiger partial charge < -0.3 is 5.32 Å². The van der Waals surface area contributed by atoms with E-state index in [0.29, 0.717) is 5.54 Å². The van der Waals surface area contributed by atoms with Crippen LogP contribution >= 0.6 is 0 Å². The zero-order valence-electron chi connectivity index (χ0n) is 11.3. The van der Waals surface area contributed by atoms with Gasteiger partial charge in [0.1, 0.15) is 0 Å². The Kier molecular flexibility index (Phi) is 3.91. The molecular formula is C14H28N2. The molecule has 0 aromatic carbocycles. The summed E-state index contributed by atoms with van der Waals surface area (Å²) in [5, 5.41) is 3.85. The molecule has 1 aliphatic heterocycles. The summed E-state index contributed by atoms with van der Waals surface area (Å²) in [7, 11) is 0. The molecule has 0 bridgehead atoms. The Bertz CT molecular complexity index is 219. The first-order chi connectivity index (χ1) is 7.61. The molecule has 2 nitrogen and oxygen atoms in total. The number of nitrogens with one attached hydrogen (secondary N) is 1. The van der Waals surface area contributed by atoms with Gasteiger partial charge in [-0.05, 0) is 25.7 Å². The molecule has 2 heteroatoms. The maximum absolute atomic E-state index is 3.85. The minimum absolute atomic E-state index is 0.472. The maximum Gasteiger partial charge on any atom is 0.0309 e. The lowest BCUT2D eigenvalue weighted by atomic mass is 9.79. The Morgan fingerprint density at radius 3 is 2.56 bits per heavy atom. The Balaban J connectivity index is 1.97. The number of nitrogens with zero attached hydrogens (tertiary/aromatic N) is 1. The van der Waals surface area contributed by atoms with Gasteiger partial charge in [0.25, 0.3) is 0 Å². The van der Waals surface area contributed by atoms with Crippen LogP contribution in [0.1, 0.15) is 52.9 Å². The molecule has 2 rings (SSSR count). The summed E-state index contributed by atoms with van der Waals surface area (Å²) >= 11 is 0. The van der Waals surface area contributed by atoms with E-state index in [1.807, 2.05) is 0 Å². The van der Waals surface area contributed by atoms with Crippen LogP contribution in [0.2, 0.25) is 0 Å². The molecular weight excluding hydrogens is 196 g/mol. The van der Waals surface area contributed by atoms with Crippen LogP contribution in [-0.2, 0) is 0 Å². The number of hydrogen-bond acceptors (Lipinski definition) is 2. The SMILES string of the molecule is CC(C)CN1CC2(CCCCC2)NCC1C. The highest BCUT2D eigenvalue weighted by Gasteiger charge is 2.38. The van der Waals surface area contributed by atoms with Gasteiger partial charge in [-0.3, -0.25) is 4.90 Å². The van der Waals surface area contributed by atoms with E-state index >= 15 is 0 Å². The van der Waals surface area contributed by atoms with Crippen LogP contribution in [0.3, 0.4) is 0 Å².